The third kappa shape index (κ3) is 3.41. The highest BCUT2D eigenvalue weighted by molar-refractivity contribution is 6.26. The van der Waals surface area contributed by atoms with Crippen molar-refractivity contribution in [3.63, 3.8) is 0 Å². The van der Waals surface area contributed by atoms with Crippen LogP contribution in [0.2, 0.25) is 0 Å². The van der Waals surface area contributed by atoms with Crippen molar-refractivity contribution in [2.24, 2.45) is 0 Å². The van der Waals surface area contributed by atoms with Crippen LogP contribution < -0.4 is 4.48 Å². The monoisotopic (exact) mass is 422 g/mol. The molecular formula is C22H20F4NO3+. The van der Waals surface area contributed by atoms with Crippen LogP contribution in [0.1, 0.15) is 37.5 Å². The Balaban J connectivity index is 2.38. The first-order valence-corrected chi connectivity index (χ1v) is 9.23. The average Bonchev–Trinajstić information content (AvgIpc) is 2.63. The molecule has 1 atom stereocenters. The van der Waals surface area contributed by atoms with Gasteiger partial charge in [-0.05, 0) is 50.6 Å². The van der Waals surface area contributed by atoms with Gasteiger partial charge in [-0.25, -0.2) is 18.5 Å². The van der Waals surface area contributed by atoms with E-state index in [0.717, 1.165) is 12.1 Å². The van der Waals surface area contributed by atoms with Gasteiger partial charge in [-0.3, -0.25) is 0 Å². The molecule has 1 aliphatic heterocycles. The Morgan fingerprint density at radius 3 is 2.33 bits per heavy atom. The van der Waals surface area contributed by atoms with Crippen molar-refractivity contribution < 1.29 is 32.3 Å². The summed E-state index contributed by atoms with van der Waals surface area (Å²) in [5.74, 6) is -2.84. The second-order valence-electron chi connectivity index (χ2n) is 7.59. The highest BCUT2D eigenvalue weighted by Crippen LogP contribution is 2.46. The van der Waals surface area contributed by atoms with Crippen molar-refractivity contribution in [1.82, 2.24) is 4.48 Å². The number of rotatable bonds is 4. The summed E-state index contributed by atoms with van der Waals surface area (Å²) < 4.78 is 53.4. The molecule has 1 aliphatic rings. The summed E-state index contributed by atoms with van der Waals surface area (Å²) in [5, 5.41) is 9.68. The van der Waals surface area contributed by atoms with E-state index in [2.05, 4.69) is 0 Å². The Morgan fingerprint density at radius 1 is 1.13 bits per heavy atom. The van der Waals surface area contributed by atoms with Gasteiger partial charge >= 0.3 is 18.1 Å². The molecule has 1 unspecified atom stereocenters. The maximum atomic E-state index is 13.8. The van der Waals surface area contributed by atoms with Crippen LogP contribution in [-0.2, 0) is 22.3 Å². The molecule has 4 nitrogen and oxygen atoms in total. The van der Waals surface area contributed by atoms with Crippen LogP contribution in [0.15, 0.2) is 48.0 Å². The van der Waals surface area contributed by atoms with Crippen LogP contribution in [0.3, 0.4) is 0 Å². The lowest BCUT2D eigenvalue weighted by Gasteiger charge is -2.43. The minimum absolute atomic E-state index is 0.0524. The maximum absolute atomic E-state index is 13.8. The molecule has 0 aliphatic carbocycles. The molecule has 0 aromatic heterocycles. The molecule has 3 rings (SSSR count). The predicted molar refractivity (Wildman–Crippen MR) is 104 cm³/mol. The smallest absolute Gasteiger partial charge is 0.416 e. The number of alkyl halides is 3. The molecule has 2 aromatic carbocycles. The number of aliphatic carboxylic acids is 1. The summed E-state index contributed by atoms with van der Waals surface area (Å²) in [7, 11) is 0. The Bertz CT molecular complexity index is 1070. The molecule has 1 amide bonds. The fourth-order valence-corrected chi connectivity index (χ4v) is 3.99. The van der Waals surface area contributed by atoms with E-state index >= 15 is 0 Å². The Labute approximate surface area is 170 Å². The van der Waals surface area contributed by atoms with Crippen LogP contribution in [0, 0.1) is 5.82 Å². The molecule has 2 aromatic rings. The minimum Gasteiger partial charge on any atom is -0.477 e. The Kier molecular flexibility index (Phi) is 5.32. The molecule has 0 saturated heterocycles. The largest absolute Gasteiger partial charge is 0.477 e. The van der Waals surface area contributed by atoms with E-state index in [-0.39, 0.29) is 23.4 Å². The number of allylic oxidation sites excluding steroid dienone is 1. The van der Waals surface area contributed by atoms with Gasteiger partial charge in [0.15, 0.2) is 5.57 Å². The Morgan fingerprint density at radius 2 is 1.80 bits per heavy atom. The molecule has 1 N–H and O–H groups in total. The van der Waals surface area contributed by atoms with Crippen molar-refractivity contribution in [3.8, 4) is 0 Å². The number of hydrogen-bond acceptors (Lipinski definition) is 2. The van der Waals surface area contributed by atoms with E-state index in [9.17, 15) is 32.3 Å². The Hall–Kier alpha value is -3.00. The quantitative estimate of drug-likeness (QED) is 0.421. The maximum Gasteiger partial charge on any atom is 0.416 e. The lowest BCUT2D eigenvalue weighted by atomic mass is 9.88. The second kappa shape index (κ2) is 7.36. The molecule has 0 spiro atoms. The highest BCUT2D eigenvalue weighted by Gasteiger charge is 2.52. The summed E-state index contributed by atoms with van der Waals surface area (Å²) in [4.78, 5) is 25.4. The number of amides is 1. The number of quaternary nitrogens is 1. The van der Waals surface area contributed by atoms with Gasteiger partial charge < -0.3 is 5.11 Å². The van der Waals surface area contributed by atoms with Gasteiger partial charge in [0.2, 0.25) is 0 Å². The van der Waals surface area contributed by atoms with Crippen molar-refractivity contribution in [1.29, 1.82) is 0 Å². The zero-order chi connectivity index (χ0) is 22.4. The van der Waals surface area contributed by atoms with Gasteiger partial charge in [0, 0.05) is 17.2 Å². The number of halogens is 4. The lowest BCUT2D eigenvalue weighted by molar-refractivity contribution is -0.140. The first kappa shape index (κ1) is 21.7. The summed E-state index contributed by atoms with van der Waals surface area (Å²) >= 11 is 0. The summed E-state index contributed by atoms with van der Waals surface area (Å²) in [6.45, 7) is 4.47. The number of carboxylic acid groups (broad SMARTS) is 1. The van der Waals surface area contributed by atoms with Crippen molar-refractivity contribution in [3.05, 3.63) is 70.5 Å². The van der Waals surface area contributed by atoms with E-state index in [1.807, 2.05) is 0 Å². The van der Waals surface area contributed by atoms with Gasteiger partial charge in [0.05, 0.1) is 11.6 Å². The second-order valence-corrected chi connectivity index (χ2v) is 7.59. The summed E-state index contributed by atoms with van der Waals surface area (Å²) in [6, 6.07) is 7.73. The molecular weight excluding hydrogens is 402 g/mol. The average molecular weight is 422 g/mol. The van der Waals surface area contributed by atoms with Gasteiger partial charge in [0.1, 0.15) is 18.0 Å². The number of carboxylic acids is 1. The van der Waals surface area contributed by atoms with Crippen LogP contribution in [0.4, 0.5) is 23.2 Å². The van der Waals surface area contributed by atoms with Crippen LogP contribution in [-0.4, -0.2) is 23.0 Å². The number of hydrogen-bond donors (Lipinski definition) is 1. The fraction of sp³-hybridized carbons (Fsp3) is 0.273. The fourth-order valence-electron chi connectivity index (χ4n) is 3.99. The molecule has 0 saturated carbocycles. The normalized spacial score (nSPS) is 19.3. The summed E-state index contributed by atoms with van der Waals surface area (Å²) in [6.07, 6.45) is -4.64. The highest BCUT2D eigenvalue weighted by atomic mass is 19.4. The lowest BCUT2D eigenvalue weighted by Crippen LogP contribution is -2.61. The molecule has 0 fully saturated rings. The van der Waals surface area contributed by atoms with Crippen LogP contribution in [0.5, 0.6) is 0 Å². The molecule has 0 radical (unpaired) electrons. The van der Waals surface area contributed by atoms with Gasteiger partial charge in [-0.1, -0.05) is 12.1 Å². The van der Waals surface area contributed by atoms with Gasteiger partial charge in [0.25, 0.3) is 0 Å². The predicted octanol–water partition coefficient (Wildman–Crippen LogP) is 5.16. The van der Waals surface area contributed by atoms with Crippen LogP contribution >= 0.6 is 0 Å². The minimum atomic E-state index is -4.64. The summed E-state index contributed by atoms with van der Waals surface area (Å²) in [5.41, 5.74) is -0.647. The number of nitrogens with zero attached hydrogens (tertiary/aromatic N) is 1. The van der Waals surface area contributed by atoms with Crippen molar-refractivity contribution in [2.45, 2.75) is 39.5 Å². The van der Waals surface area contributed by atoms with Crippen LogP contribution in [0.25, 0.3) is 5.57 Å². The topological polar surface area (TPSA) is 54.4 Å². The third-order valence-corrected chi connectivity index (χ3v) is 5.53. The first-order chi connectivity index (χ1) is 13.9. The number of carbonyl (C=O) groups excluding carboxylic acids is 1. The molecule has 8 heteroatoms. The van der Waals surface area contributed by atoms with E-state index in [0.29, 0.717) is 5.56 Å². The molecule has 0 bridgehead atoms. The molecule has 30 heavy (non-hydrogen) atoms. The zero-order valence-electron chi connectivity index (χ0n) is 16.5. The van der Waals surface area contributed by atoms with E-state index in [1.165, 1.54) is 31.2 Å². The van der Waals surface area contributed by atoms with E-state index in [1.54, 1.807) is 19.9 Å². The number of benzene rings is 2. The molecule has 158 valence electrons. The van der Waals surface area contributed by atoms with E-state index < -0.39 is 45.5 Å². The van der Waals surface area contributed by atoms with Crippen molar-refractivity contribution in [2.75, 3.05) is 0 Å². The molecule has 1 heterocycles. The van der Waals surface area contributed by atoms with Crippen molar-refractivity contribution >= 4 is 23.1 Å². The van der Waals surface area contributed by atoms with Gasteiger partial charge in [-0.15, -0.1) is 0 Å². The number of carbonyl (C=O) groups is 2. The first-order valence-electron chi connectivity index (χ1n) is 9.23. The van der Waals surface area contributed by atoms with Gasteiger partial charge in [-0.2, -0.15) is 13.2 Å². The van der Waals surface area contributed by atoms with E-state index in [4.69, 9.17) is 0 Å². The third-order valence-electron chi connectivity index (χ3n) is 5.53. The number of fused-ring (bicyclic) bond motifs is 1. The zero-order valence-corrected chi connectivity index (χ0v) is 16.5. The standard InChI is InChI=1S/C22H19F4NO3/c1-12(2)27(11-14-5-4-6-16(23)9-14)18-10-15(22(24,25)26)7-8-17(18)13(3)19(20(27)28)21(29)30/h4-10,12H,11H2,1-3H3/p+1. The SMILES string of the molecule is CC1=C(C(=O)O)C(=O)[N+](Cc2cccc(F)c2)(C(C)C)c2cc(C(F)(F)F)ccc21.